The third-order valence-electron chi connectivity index (χ3n) is 10.2. The lowest BCUT2D eigenvalue weighted by Gasteiger charge is -2.47. The fourth-order valence-corrected chi connectivity index (χ4v) is 7.49. The smallest absolute Gasteiger partial charge is 0.226 e. The Hall–Kier alpha value is -4.28. The summed E-state index contributed by atoms with van der Waals surface area (Å²) in [5.74, 6) is 0.0428. The Morgan fingerprint density at radius 2 is 1.40 bits per heavy atom. The molecule has 47 heavy (non-hydrogen) atoms. The van der Waals surface area contributed by atoms with Crippen LogP contribution in [0.2, 0.25) is 0 Å². The maximum Gasteiger partial charge on any atom is 0.226 e. The van der Waals surface area contributed by atoms with Crippen molar-refractivity contribution in [3.8, 4) is 11.5 Å². The number of rotatable bonds is 11. The molecule has 5 unspecified atom stereocenters. The molecule has 4 heterocycles. The number of pyridine rings is 2. The van der Waals surface area contributed by atoms with Gasteiger partial charge in [0.1, 0.15) is 22.5 Å². The zero-order valence-electron chi connectivity index (χ0n) is 27.9. The molecule has 0 radical (unpaired) electrons. The van der Waals surface area contributed by atoms with Gasteiger partial charge in [0.2, 0.25) is 11.8 Å². The minimum absolute atomic E-state index is 0.0285. The number of nitrogens with zero attached hydrogens (tertiary/aromatic N) is 4. The normalized spacial score (nSPS) is 20.8. The number of carbonyl (C=O) groups is 2. The van der Waals surface area contributed by atoms with Crippen LogP contribution in [0.15, 0.2) is 60.9 Å². The third kappa shape index (κ3) is 6.62. The zero-order chi connectivity index (χ0) is 33.4. The van der Waals surface area contributed by atoms with Gasteiger partial charge in [-0.05, 0) is 50.4 Å². The first-order chi connectivity index (χ1) is 22.5. The SMILES string of the molecule is CC(C)C(NC(=O)C1CN(C)C1CC(C)C(NC(=O)CC1CN(C)C1)c1ccc2cccnc2c1O)c1ccc2cccnc2c1O. The van der Waals surface area contributed by atoms with E-state index in [1.54, 1.807) is 12.4 Å². The van der Waals surface area contributed by atoms with Gasteiger partial charge in [0.05, 0.1) is 18.0 Å². The lowest BCUT2D eigenvalue weighted by atomic mass is 9.78. The van der Waals surface area contributed by atoms with E-state index in [9.17, 15) is 19.8 Å². The quantitative estimate of drug-likeness (QED) is 0.185. The molecule has 0 bridgehead atoms. The van der Waals surface area contributed by atoms with Crippen LogP contribution >= 0.6 is 0 Å². The molecule has 248 valence electrons. The monoisotopic (exact) mass is 638 g/mol. The number of aromatic nitrogens is 2. The number of phenolic OH excluding ortho intramolecular Hbond substituents is 2. The van der Waals surface area contributed by atoms with Crippen LogP contribution in [0.5, 0.6) is 11.5 Å². The van der Waals surface area contributed by atoms with Gasteiger partial charge in [-0.2, -0.15) is 0 Å². The second-order valence-corrected chi connectivity index (χ2v) is 14.1. The van der Waals surface area contributed by atoms with E-state index in [2.05, 4.69) is 37.3 Å². The number of likely N-dealkylation sites (tertiary alicyclic amines) is 2. The van der Waals surface area contributed by atoms with Crippen LogP contribution in [0.25, 0.3) is 21.8 Å². The number of benzene rings is 2. The maximum absolute atomic E-state index is 13.9. The number of hydrogen-bond donors (Lipinski definition) is 4. The van der Waals surface area contributed by atoms with Crippen LogP contribution in [0.1, 0.15) is 56.8 Å². The van der Waals surface area contributed by atoms with Crippen molar-refractivity contribution in [1.29, 1.82) is 0 Å². The summed E-state index contributed by atoms with van der Waals surface area (Å²) >= 11 is 0. The molecule has 4 N–H and O–H groups in total. The summed E-state index contributed by atoms with van der Waals surface area (Å²) in [7, 11) is 4.06. The average molecular weight is 639 g/mol. The minimum atomic E-state index is -0.463. The molecule has 2 saturated heterocycles. The van der Waals surface area contributed by atoms with E-state index in [1.807, 2.05) is 76.5 Å². The van der Waals surface area contributed by atoms with Gasteiger partial charge in [0.25, 0.3) is 0 Å². The van der Waals surface area contributed by atoms with E-state index in [1.165, 1.54) is 0 Å². The van der Waals surface area contributed by atoms with Crippen molar-refractivity contribution in [2.24, 2.45) is 23.7 Å². The summed E-state index contributed by atoms with van der Waals surface area (Å²) in [4.78, 5) is 40.3. The topological polar surface area (TPSA) is 131 Å². The van der Waals surface area contributed by atoms with Gasteiger partial charge < -0.3 is 30.6 Å². The summed E-state index contributed by atoms with van der Waals surface area (Å²) < 4.78 is 0. The molecule has 6 rings (SSSR count). The summed E-state index contributed by atoms with van der Waals surface area (Å²) in [6.45, 7) is 8.53. The van der Waals surface area contributed by atoms with Crippen molar-refractivity contribution < 1.29 is 19.8 Å². The number of nitrogens with one attached hydrogen (secondary N) is 2. The van der Waals surface area contributed by atoms with Gasteiger partial charge in [0.15, 0.2) is 0 Å². The number of amides is 2. The fraction of sp³-hybridized carbons (Fsp3) is 0.459. The Kier molecular flexibility index (Phi) is 9.34. The van der Waals surface area contributed by atoms with Gasteiger partial charge in [0, 0.05) is 66.4 Å². The van der Waals surface area contributed by atoms with E-state index in [0.29, 0.717) is 47.5 Å². The molecule has 2 aromatic carbocycles. The highest BCUT2D eigenvalue weighted by atomic mass is 16.3. The molecule has 2 amide bonds. The second-order valence-electron chi connectivity index (χ2n) is 14.1. The predicted octanol–water partition coefficient (Wildman–Crippen LogP) is 4.77. The second kappa shape index (κ2) is 13.4. The molecular weight excluding hydrogens is 592 g/mol. The molecule has 0 aliphatic carbocycles. The first kappa shape index (κ1) is 32.7. The van der Waals surface area contributed by atoms with Crippen molar-refractivity contribution in [2.45, 2.75) is 51.7 Å². The van der Waals surface area contributed by atoms with Crippen LogP contribution in [0, 0.1) is 23.7 Å². The van der Waals surface area contributed by atoms with E-state index in [-0.39, 0.29) is 47.1 Å². The van der Waals surface area contributed by atoms with Crippen LogP contribution in [0.3, 0.4) is 0 Å². The molecule has 2 aromatic heterocycles. The van der Waals surface area contributed by atoms with Crippen molar-refractivity contribution >= 4 is 33.6 Å². The maximum atomic E-state index is 13.9. The van der Waals surface area contributed by atoms with Crippen LogP contribution in [-0.2, 0) is 9.59 Å². The Bertz CT molecular complexity index is 1770. The van der Waals surface area contributed by atoms with Gasteiger partial charge in [-0.15, -0.1) is 0 Å². The van der Waals surface area contributed by atoms with Gasteiger partial charge in [-0.25, -0.2) is 0 Å². The van der Waals surface area contributed by atoms with Gasteiger partial charge in [-0.1, -0.05) is 57.2 Å². The predicted molar refractivity (Wildman–Crippen MR) is 183 cm³/mol. The molecular formula is C37H46N6O4. The number of fused-ring (bicyclic) bond motifs is 2. The van der Waals surface area contributed by atoms with Crippen molar-refractivity contribution in [1.82, 2.24) is 30.4 Å². The fourth-order valence-electron chi connectivity index (χ4n) is 7.49. The lowest BCUT2D eigenvalue weighted by molar-refractivity contribution is -0.136. The Balaban J connectivity index is 1.21. The summed E-state index contributed by atoms with van der Waals surface area (Å²) in [6.07, 6.45) is 4.37. The van der Waals surface area contributed by atoms with E-state index in [4.69, 9.17) is 0 Å². The third-order valence-corrected chi connectivity index (χ3v) is 10.2. The molecule has 0 saturated carbocycles. The largest absolute Gasteiger partial charge is 0.505 e. The minimum Gasteiger partial charge on any atom is -0.505 e. The van der Waals surface area contributed by atoms with E-state index in [0.717, 1.165) is 23.9 Å². The Morgan fingerprint density at radius 3 is 1.94 bits per heavy atom. The average Bonchev–Trinajstić information content (AvgIpc) is 3.04. The molecule has 10 heteroatoms. The Labute approximate surface area is 276 Å². The molecule has 2 aliphatic rings. The highest BCUT2D eigenvalue weighted by molar-refractivity contribution is 5.87. The van der Waals surface area contributed by atoms with E-state index < -0.39 is 12.1 Å². The summed E-state index contributed by atoms with van der Waals surface area (Å²) in [6, 6.07) is 14.2. The van der Waals surface area contributed by atoms with Crippen LogP contribution in [-0.4, -0.2) is 81.6 Å². The first-order valence-electron chi connectivity index (χ1n) is 16.6. The van der Waals surface area contributed by atoms with Gasteiger partial charge >= 0.3 is 0 Å². The van der Waals surface area contributed by atoms with Crippen molar-refractivity contribution in [2.75, 3.05) is 33.7 Å². The number of phenols is 2. The number of carbonyl (C=O) groups excluding carboxylic acids is 2. The molecule has 0 spiro atoms. The highest BCUT2D eigenvalue weighted by Crippen LogP contribution is 2.40. The standard InChI is InChI=1S/C37H46N6O4/c1-21(2)31(26-12-10-24-8-6-14-38-33(24)35(26)45)41-37(47)28-20-43(5)29(28)16-22(3)32(40-30(44)17-23-18-42(4)19-23)27-13-11-25-9-7-15-39-34(25)36(27)46/h6-15,21-23,28-29,31-32,45-46H,16-20H2,1-5H3,(H,40,44)(H,41,47). The summed E-state index contributed by atoms with van der Waals surface area (Å²) in [5, 5.41) is 30.7. The Morgan fingerprint density at radius 1 is 0.830 bits per heavy atom. The van der Waals surface area contributed by atoms with Gasteiger partial charge in [-0.3, -0.25) is 19.6 Å². The summed E-state index contributed by atoms with van der Waals surface area (Å²) in [5.41, 5.74) is 2.30. The zero-order valence-corrected chi connectivity index (χ0v) is 27.9. The number of hydrogen-bond acceptors (Lipinski definition) is 8. The van der Waals surface area contributed by atoms with Crippen LogP contribution < -0.4 is 10.6 Å². The highest BCUT2D eigenvalue weighted by Gasteiger charge is 2.44. The molecule has 5 atom stereocenters. The van der Waals surface area contributed by atoms with Crippen molar-refractivity contribution in [3.05, 3.63) is 72.1 Å². The number of aromatic hydroxyl groups is 2. The first-order valence-corrected chi connectivity index (χ1v) is 16.6. The lowest BCUT2D eigenvalue weighted by Crippen LogP contribution is -2.60. The molecule has 2 fully saturated rings. The molecule has 4 aromatic rings. The van der Waals surface area contributed by atoms with Crippen molar-refractivity contribution in [3.63, 3.8) is 0 Å². The molecule has 2 aliphatic heterocycles. The molecule has 10 nitrogen and oxygen atoms in total. The van der Waals surface area contributed by atoms with Crippen LogP contribution in [0.4, 0.5) is 0 Å². The van der Waals surface area contributed by atoms with E-state index >= 15 is 0 Å².